The second-order valence-corrected chi connectivity index (χ2v) is 6.14. The topological polar surface area (TPSA) is 32.8 Å². The van der Waals surface area contributed by atoms with E-state index in [2.05, 4.69) is 35.2 Å². The fraction of sp³-hybridized carbons (Fsp3) is 0.562. The van der Waals surface area contributed by atoms with Crippen molar-refractivity contribution in [2.75, 3.05) is 33.8 Å². The molecule has 2 aliphatic rings. The average molecular weight is 274 g/mol. The molecule has 2 fully saturated rings. The third kappa shape index (κ3) is 2.80. The van der Waals surface area contributed by atoms with E-state index in [1.807, 2.05) is 0 Å². The van der Waals surface area contributed by atoms with E-state index < -0.39 is 0 Å². The second kappa shape index (κ2) is 5.44. The van der Waals surface area contributed by atoms with Crippen LogP contribution in [0.15, 0.2) is 30.3 Å². The quantitative estimate of drug-likeness (QED) is 0.842. The first kappa shape index (κ1) is 13.4. The van der Waals surface area contributed by atoms with Crippen LogP contribution in [0.4, 0.5) is 4.79 Å². The normalized spacial score (nSPS) is 28.0. The van der Waals surface area contributed by atoms with Gasteiger partial charge in [-0.1, -0.05) is 30.3 Å². The Morgan fingerprint density at radius 2 is 1.90 bits per heavy atom. The zero-order valence-electron chi connectivity index (χ0n) is 12.2. The van der Waals surface area contributed by atoms with Crippen LogP contribution in [-0.4, -0.2) is 49.7 Å². The zero-order valence-corrected chi connectivity index (χ0v) is 12.2. The summed E-state index contributed by atoms with van der Waals surface area (Å²) in [5.41, 5.74) is 1.38. The standard InChI is InChI=1S/C16H22N2O2/c1-17(2)16(19)20-11-15-13-9-18(10-14(13)15)8-12-6-4-3-5-7-12/h3-7,13-15H,8-11H2,1-2H3/t13-,14+,15+. The Bertz CT molecular complexity index is 463. The molecule has 1 aromatic rings. The van der Waals surface area contributed by atoms with E-state index in [0.717, 1.165) is 31.5 Å². The van der Waals surface area contributed by atoms with Crippen LogP contribution in [0.1, 0.15) is 5.56 Å². The summed E-state index contributed by atoms with van der Waals surface area (Å²) in [6.45, 7) is 3.91. The first-order chi connectivity index (χ1) is 9.65. The number of benzene rings is 1. The summed E-state index contributed by atoms with van der Waals surface area (Å²) in [5, 5.41) is 0. The van der Waals surface area contributed by atoms with Crippen molar-refractivity contribution >= 4 is 6.09 Å². The van der Waals surface area contributed by atoms with Crippen LogP contribution in [0.25, 0.3) is 0 Å². The third-order valence-electron chi connectivity index (χ3n) is 4.46. The van der Waals surface area contributed by atoms with Gasteiger partial charge in [0.2, 0.25) is 0 Å². The van der Waals surface area contributed by atoms with Crippen LogP contribution in [0, 0.1) is 17.8 Å². The molecule has 1 aliphatic carbocycles. The van der Waals surface area contributed by atoms with E-state index in [0.29, 0.717) is 12.5 Å². The summed E-state index contributed by atoms with van der Waals surface area (Å²) in [5.74, 6) is 2.05. The van der Waals surface area contributed by atoms with Crippen LogP contribution in [0.5, 0.6) is 0 Å². The van der Waals surface area contributed by atoms with Gasteiger partial charge in [0.1, 0.15) is 0 Å². The molecular formula is C16H22N2O2. The van der Waals surface area contributed by atoms with Gasteiger partial charge in [0.25, 0.3) is 0 Å². The minimum atomic E-state index is -0.226. The van der Waals surface area contributed by atoms with E-state index in [4.69, 9.17) is 4.74 Å². The Morgan fingerprint density at radius 1 is 1.25 bits per heavy atom. The van der Waals surface area contributed by atoms with Gasteiger partial charge >= 0.3 is 6.09 Å². The van der Waals surface area contributed by atoms with Crippen molar-refractivity contribution in [1.82, 2.24) is 9.80 Å². The van der Waals surface area contributed by atoms with Crippen LogP contribution in [-0.2, 0) is 11.3 Å². The number of rotatable bonds is 4. The number of likely N-dealkylation sites (tertiary alicyclic amines) is 1. The van der Waals surface area contributed by atoms with E-state index in [9.17, 15) is 4.79 Å². The van der Waals surface area contributed by atoms with Crippen molar-refractivity contribution in [3.8, 4) is 0 Å². The number of piperidine rings is 1. The lowest BCUT2D eigenvalue weighted by Crippen LogP contribution is -2.27. The first-order valence-electron chi connectivity index (χ1n) is 7.25. The molecule has 4 heteroatoms. The fourth-order valence-electron chi connectivity index (χ4n) is 3.25. The second-order valence-electron chi connectivity index (χ2n) is 6.14. The number of ether oxygens (including phenoxy) is 1. The van der Waals surface area contributed by atoms with Gasteiger partial charge in [-0.05, 0) is 17.4 Å². The largest absolute Gasteiger partial charge is 0.449 e. The lowest BCUT2D eigenvalue weighted by atomic mass is 10.2. The Labute approximate surface area is 120 Å². The third-order valence-corrected chi connectivity index (χ3v) is 4.46. The highest BCUT2D eigenvalue weighted by Crippen LogP contribution is 2.51. The molecule has 3 atom stereocenters. The van der Waals surface area contributed by atoms with Gasteiger partial charge in [-0.2, -0.15) is 0 Å². The highest BCUT2D eigenvalue weighted by molar-refractivity contribution is 5.66. The highest BCUT2D eigenvalue weighted by atomic mass is 16.6. The molecule has 1 saturated heterocycles. The SMILES string of the molecule is CN(C)C(=O)OC[C@@H]1[C@H]2CN(Cc3ccccc3)C[C@@H]12. The Kier molecular flexibility index (Phi) is 3.66. The smallest absolute Gasteiger partial charge is 0.409 e. The lowest BCUT2D eigenvalue weighted by Gasteiger charge is -2.19. The predicted molar refractivity (Wildman–Crippen MR) is 77.2 cm³/mol. The van der Waals surface area contributed by atoms with Gasteiger partial charge in [-0.15, -0.1) is 0 Å². The Hall–Kier alpha value is -1.55. The van der Waals surface area contributed by atoms with Crippen molar-refractivity contribution < 1.29 is 9.53 Å². The summed E-state index contributed by atoms with van der Waals surface area (Å²) in [6.07, 6.45) is -0.226. The van der Waals surface area contributed by atoms with Crippen molar-refractivity contribution in [2.24, 2.45) is 17.8 Å². The minimum absolute atomic E-state index is 0.226. The summed E-state index contributed by atoms with van der Waals surface area (Å²) < 4.78 is 5.29. The molecule has 1 aromatic carbocycles. The van der Waals surface area contributed by atoms with Gasteiger partial charge in [0.05, 0.1) is 6.61 Å². The average Bonchev–Trinajstić information content (AvgIpc) is 2.90. The molecule has 1 aliphatic heterocycles. The van der Waals surface area contributed by atoms with Crippen LogP contribution in [0.3, 0.4) is 0 Å². The van der Waals surface area contributed by atoms with E-state index in [1.54, 1.807) is 14.1 Å². The van der Waals surface area contributed by atoms with Crippen LogP contribution < -0.4 is 0 Å². The van der Waals surface area contributed by atoms with Crippen LogP contribution in [0.2, 0.25) is 0 Å². The first-order valence-corrected chi connectivity index (χ1v) is 7.25. The molecular weight excluding hydrogens is 252 g/mol. The van der Waals surface area contributed by atoms with Crippen molar-refractivity contribution in [1.29, 1.82) is 0 Å². The number of amides is 1. The van der Waals surface area contributed by atoms with Crippen molar-refractivity contribution in [2.45, 2.75) is 6.54 Å². The molecule has 0 radical (unpaired) electrons. The summed E-state index contributed by atoms with van der Waals surface area (Å²) in [6, 6.07) is 10.6. The number of hydrogen-bond donors (Lipinski definition) is 0. The number of carbonyl (C=O) groups is 1. The maximum absolute atomic E-state index is 11.4. The minimum Gasteiger partial charge on any atom is -0.449 e. The number of fused-ring (bicyclic) bond motifs is 1. The summed E-state index contributed by atoms with van der Waals surface area (Å²) >= 11 is 0. The van der Waals surface area contributed by atoms with E-state index in [-0.39, 0.29) is 6.09 Å². The molecule has 0 N–H and O–H groups in total. The van der Waals surface area contributed by atoms with Crippen molar-refractivity contribution in [3.63, 3.8) is 0 Å². The van der Waals surface area contributed by atoms with Crippen molar-refractivity contribution in [3.05, 3.63) is 35.9 Å². The molecule has 0 aromatic heterocycles. The Morgan fingerprint density at radius 3 is 2.50 bits per heavy atom. The maximum atomic E-state index is 11.4. The fourth-order valence-corrected chi connectivity index (χ4v) is 3.25. The zero-order chi connectivity index (χ0) is 14.1. The van der Waals surface area contributed by atoms with Gasteiger partial charge < -0.3 is 9.64 Å². The van der Waals surface area contributed by atoms with Gasteiger partial charge in [0.15, 0.2) is 0 Å². The molecule has 3 rings (SSSR count). The number of hydrogen-bond acceptors (Lipinski definition) is 3. The van der Waals surface area contributed by atoms with E-state index >= 15 is 0 Å². The van der Waals surface area contributed by atoms with Gasteiger partial charge in [0, 0.05) is 39.6 Å². The molecule has 4 nitrogen and oxygen atoms in total. The molecule has 108 valence electrons. The number of carbonyl (C=O) groups excluding carboxylic acids is 1. The number of nitrogens with zero attached hydrogens (tertiary/aromatic N) is 2. The molecule has 1 amide bonds. The molecule has 0 bridgehead atoms. The molecule has 1 heterocycles. The summed E-state index contributed by atoms with van der Waals surface area (Å²) in [7, 11) is 3.44. The molecule has 0 unspecified atom stereocenters. The molecule has 20 heavy (non-hydrogen) atoms. The molecule has 0 spiro atoms. The summed E-state index contributed by atoms with van der Waals surface area (Å²) in [4.78, 5) is 15.4. The van der Waals surface area contributed by atoms with Gasteiger partial charge in [-0.25, -0.2) is 4.79 Å². The van der Waals surface area contributed by atoms with Crippen LogP contribution >= 0.6 is 0 Å². The molecule has 1 saturated carbocycles. The lowest BCUT2D eigenvalue weighted by molar-refractivity contribution is 0.106. The monoisotopic (exact) mass is 274 g/mol. The van der Waals surface area contributed by atoms with E-state index in [1.165, 1.54) is 10.5 Å². The Balaban J connectivity index is 1.41. The maximum Gasteiger partial charge on any atom is 0.409 e. The highest BCUT2D eigenvalue weighted by Gasteiger charge is 2.55. The van der Waals surface area contributed by atoms with Gasteiger partial charge in [-0.3, -0.25) is 4.90 Å². The predicted octanol–water partition coefficient (Wildman–Crippen LogP) is 2.06.